The lowest BCUT2D eigenvalue weighted by molar-refractivity contribution is -0.151. The van der Waals surface area contributed by atoms with Crippen LogP contribution in [0.5, 0.6) is 0 Å². The van der Waals surface area contributed by atoms with Crippen LogP contribution in [0.15, 0.2) is 30.5 Å². The Kier molecular flexibility index (Phi) is 6.03. The van der Waals surface area contributed by atoms with Gasteiger partial charge in [0, 0.05) is 49.2 Å². The highest BCUT2D eigenvalue weighted by Gasteiger charge is 2.47. The Hall–Kier alpha value is -2.34. The molecule has 158 valence electrons. The van der Waals surface area contributed by atoms with Crippen molar-refractivity contribution in [3.05, 3.63) is 36.0 Å². The van der Waals surface area contributed by atoms with Gasteiger partial charge in [0.2, 0.25) is 11.8 Å². The molecule has 0 atom stereocenters. The van der Waals surface area contributed by atoms with E-state index in [0.29, 0.717) is 25.8 Å². The predicted octanol–water partition coefficient (Wildman–Crippen LogP) is 2.94. The van der Waals surface area contributed by atoms with Gasteiger partial charge in [0.1, 0.15) is 5.54 Å². The van der Waals surface area contributed by atoms with Gasteiger partial charge in [0.15, 0.2) is 0 Å². The highest BCUT2D eigenvalue weighted by atomic mass is 16.2. The van der Waals surface area contributed by atoms with Crippen molar-refractivity contribution >= 4 is 22.7 Å². The Morgan fingerprint density at radius 3 is 2.48 bits per heavy atom. The molecule has 2 aromatic rings. The zero-order valence-electron chi connectivity index (χ0n) is 18.3. The molecule has 2 amide bonds. The molecule has 0 spiro atoms. The maximum absolute atomic E-state index is 13.4. The van der Waals surface area contributed by atoms with Crippen LogP contribution >= 0.6 is 0 Å². The molecule has 0 unspecified atom stereocenters. The Morgan fingerprint density at radius 1 is 1.21 bits per heavy atom. The first-order valence-corrected chi connectivity index (χ1v) is 10.5. The van der Waals surface area contributed by atoms with Gasteiger partial charge in [-0.2, -0.15) is 0 Å². The molecular weight excluding hydrogens is 364 g/mol. The number of rotatable bonds is 5. The monoisotopic (exact) mass is 398 g/mol. The molecular formula is C23H34N4O2. The molecule has 1 saturated heterocycles. The molecule has 6 nitrogen and oxygen atoms in total. The lowest BCUT2D eigenvalue weighted by atomic mass is 9.83. The number of amides is 2. The lowest BCUT2D eigenvalue weighted by Gasteiger charge is -2.47. The van der Waals surface area contributed by atoms with Crippen LogP contribution < -0.4 is 5.32 Å². The van der Waals surface area contributed by atoms with Gasteiger partial charge in [-0.1, -0.05) is 18.2 Å². The van der Waals surface area contributed by atoms with E-state index in [0.717, 1.165) is 18.6 Å². The summed E-state index contributed by atoms with van der Waals surface area (Å²) < 4.78 is 0. The molecule has 0 saturated carbocycles. The van der Waals surface area contributed by atoms with Crippen molar-refractivity contribution in [1.82, 2.24) is 20.1 Å². The van der Waals surface area contributed by atoms with Crippen LogP contribution in [0.4, 0.5) is 0 Å². The summed E-state index contributed by atoms with van der Waals surface area (Å²) in [5, 5.41) is 4.32. The van der Waals surface area contributed by atoms with Crippen LogP contribution in [0.1, 0.15) is 46.1 Å². The summed E-state index contributed by atoms with van der Waals surface area (Å²) in [6.07, 6.45) is 4.03. The molecule has 2 N–H and O–H groups in total. The summed E-state index contributed by atoms with van der Waals surface area (Å²) in [5.41, 5.74) is 1.13. The van der Waals surface area contributed by atoms with Crippen molar-refractivity contribution in [2.24, 2.45) is 0 Å². The largest absolute Gasteiger partial charge is 0.361 e. The molecule has 2 heterocycles. The summed E-state index contributed by atoms with van der Waals surface area (Å²) in [5.74, 6) is -0.0781. The van der Waals surface area contributed by atoms with E-state index in [-0.39, 0.29) is 17.4 Å². The summed E-state index contributed by atoms with van der Waals surface area (Å²) in [6, 6.07) is 8.18. The summed E-state index contributed by atoms with van der Waals surface area (Å²) >= 11 is 0. The molecule has 1 fully saturated rings. The number of aromatic nitrogens is 1. The summed E-state index contributed by atoms with van der Waals surface area (Å²) in [6.45, 7) is 9.66. The number of aromatic amines is 1. The topological polar surface area (TPSA) is 68.4 Å². The normalized spacial score (nSPS) is 17.3. The number of likely N-dealkylation sites (tertiary alicyclic amines) is 1. The van der Waals surface area contributed by atoms with E-state index < -0.39 is 5.54 Å². The van der Waals surface area contributed by atoms with E-state index in [1.165, 1.54) is 10.9 Å². The van der Waals surface area contributed by atoms with Crippen molar-refractivity contribution in [1.29, 1.82) is 0 Å². The van der Waals surface area contributed by atoms with Gasteiger partial charge in [0.25, 0.3) is 0 Å². The number of piperidine rings is 1. The third kappa shape index (κ3) is 4.64. The minimum atomic E-state index is -0.794. The second kappa shape index (κ2) is 8.19. The molecule has 1 aromatic heterocycles. The molecule has 6 heteroatoms. The molecule has 29 heavy (non-hydrogen) atoms. The van der Waals surface area contributed by atoms with Crippen LogP contribution in [0.25, 0.3) is 10.9 Å². The number of hydrogen-bond acceptors (Lipinski definition) is 3. The van der Waals surface area contributed by atoms with E-state index >= 15 is 0 Å². The first kappa shape index (κ1) is 21.4. The van der Waals surface area contributed by atoms with Gasteiger partial charge in [-0.05, 0) is 58.7 Å². The first-order valence-electron chi connectivity index (χ1n) is 10.5. The highest BCUT2D eigenvalue weighted by Crippen LogP contribution is 2.31. The molecule has 1 aromatic carbocycles. The van der Waals surface area contributed by atoms with E-state index in [1.54, 1.807) is 6.92 Å². The molecule has 1 aliphatic rings. The maximum Gasteiger partial charge on any atom is 0.246 e. The minimum absolute atomic E-state index is 0.0350. The van der Waals surface area contributed by atoms with Crippen molar-refractivity contribution < 1.29 is 9.59 Å². The maximum atomic E-state index is 13.4. The van der Waals surface area contributed by atoms with E-state index in [9.17, 15) is 9.59 Å². The minimum Gasteiger partial charge on any atom is -0.361 e. The average Bonchev–Trinajstić information content (AvgIpc) is 3.05. The number of H-pyrrole nitrogens is 1. The number of nitrogens with zero attached hydrogens (tertiary/aromatic N) is 2. The SMILES string of the molecule is CC(=O)N(CCc1c[nH]c2ccccc12)C1(C(=O)NC(C)(C)C)CCN(C)CC1. The van der Waals surface area contributed by atoms with E-state index in [1.807, 2.05) is 44.0 Å². The third-order valence-electron chi connectivity index (χ3n) is 5.90. The smallest absolute Gasteiger partial charge is 0.246 e. The Balaban J connectivity index is 1.88. The molecule has 0 bridgehead atoms. The van der Waals surface area contributed by atoms with E-state index in [4.69, 9.17) is 0 Å². The second-order valence-corrected chi connectivity index (χ2v) is 9.32. The standard InChI is InChI=1S/C23H34N4O2/c1-17(28)27(13-10-18-16-24-20-9-7-6-8-19(18)20)23(11-14-26(5)15-12-23)21(29)25-22(2,3)4/h6-9,16,24H,10-15H2,1-5H3,(H,25,29). The van der Waals surface area contributed by atoms with Crippen molar-refractivity contribution in [2.75, 3.05) is 26.7 Å². The van der Waals surface area contributed by atoms with Gasteiger partial charge in [-0.3, -0.25) is 9.59 Å². The number of benzene rings is 1. The second-order valence-electron chi connectivity index (χ2n) is 9.32. The molecule has 0 aliphatic carbocycles. The number of nitrogens with one attached hydrogen (secondary N) is 2. The van der Waals surface area contributed by atoms with Crippen LogP contribution in [0, 0.1) is 0 Å². The van der Waals surface area contributed by atoms with Crippen LogP contribution in [-0.4, -0.2) is 64.4 Å². The van der Waals surface area contributed by atoms with Gasteiger partial charge in [-0.25, -0.2) is 0 Å². The molecule has 0 radical (unpaired) electrons. The van der Waals surface area contributed by atoms with Crippen LogP contribution in [0.2, 0.25) is 0 Å². The number of carbonyl (C=O) groups excluding carboxylic acids is 2. The predicted molar refractivity (Wildman–Crippen MR) is 117 cm³/mol. The van der Waals surface area contributed by atoms with Crippen molar-refractivity contribution in [3.8, 4) is 0 Å². The van der Waals surface area contributed by atoms with Crippen molar-refractivity contribution in [3.63, 3.8) is 0 Å². The summed E-state index contributed by atoms with van der Waals surface area (Å²) in [4.78, 5) is 33.5. The summed E-state index contributed by atoms with van der Waals surface area (Å²) in [7, 11) is 2.07. The molecule has 3 rings (SSSR count). The number of fused-ring (bicyclic) bond motifs is 1. The zero-order valence-corrected chi connectivity index (χ0v) is 18.3. The highest BCUT2D eigenvalue weighted by molar-refractivity contribution is 5.91. The van der Waals surface area contributed by atoms with Crippen LogP contribution in [-0.2, 0) is 16.0 Å². The average molecular weight is 399 g/mol. The lowest BCUT2D eigenvalue weighted by Crippen LogP contribution is -2.66. The zero-order chi connectivity index (χ0) is 21.2. The van der Waals surface area contributed by atoms with Gasteiger partial charge < -0.3 is 20.1 Å². The number of hydrogen-bond donors (Lipinski definition) is 2. The first-order chi connectivity index (χ1) is 13.6. The van der Waals surface area contributed by atoms with Gasteiger partial charge in [-0.15, -0.1) is 0 Å². The van der Waals surface area contributed by atoms with Crippen LogP contribution in [0.3, 0.4) is 0 Å². The van der Waals surface area contributed by atoms with Crippen molar-refractivity contribution in [2.45, 2.75) is 58.0 Å². The fourth-order valence-electron chi connectivity index (χ4n) is 4.31. The van der Waals surface area contributed by atoms with Gasteiger partial charge >= 0.3 is 0 Å². The number of carbonyl (C=O) groups is 2. The fourth-order valence-corrected chi connectivity index (χ4v) is 4.31. The Morgan fingerprint density at radius 2 is 1.86 bits per heavy atom. The van der Waals surface area contributed by atoms with E-state index in [2.05, 4.69) is 34.4 Å². The fraction of sp³-hybridized carbons (Fsp3) is 0.565. The third-order valence-corrected chi connectivity index (χ3v) is 5.90. The molecule has 1 aliphatic heterocycles. The Bertz CT molecular complexity index is 872. The quantitative estimate of drug-likeness (QED) is 0.814. The Labute approximate surface area is 173 Å². The number of para-hydroxylation sites is 1. The van der Waals surface area contributed by atoms with Gasteiger partial charge in [0.05, 0.1) is 0 Å².